The highest BCUT2D eigenvalue weighted by atomic mass is 16.2. The Labute approximate surface area is 99.4 Å². The fourth-order valence-electron chi connectivity index (χ4n) is 2.56. The molecule has 1 aliphatic rings. The number of carbonyl (C=O) groups is 1. The molecule has 0 bridgehead atoms. The van der Waals surface area contributed by atoms with E-state index in [4.69, 9.17) is 5.73 Å². The van der Waals surface area contributed by atoms with Gasteiger partial charge in [-0.15, -0.1) is 0 Å². The fourth-order valence-corrected chi connectivity index (χ4v) is 2.56. The van der Waals surface area contributed by atoms with Crippen LogP contribution in [0.3, 0.4) is 0 Å². The zero-order chi connectivity index (χ0) is 12.1. The van der Waals surface area contributed by atoms with Crippen molar-refractivity contribution in [3.63, 3.8) is 0 Å². The Morgan fingerprint density at radius 2 is 2.12 bits per heavy atom. The molecule has 0 spiro atoms. The van der Waals surface area contributed by atoms with Gasteiger partial charge >= 0.3 is 0 Å². The zero-order valence-electron chi connectivity index (χ0n) is 10.9. The van der Waals surface area contributed by atoms with Crippen LogP contribution in [-0.4, -0.2) is 29.9 Å². The molecule has 16 heavy (non-hydrogen) atoms. The van der Waals surface area contributed by atoms with Gasteiger partial charge in [0.1, 0.15) is 0 Å². The number of amides is 1. The van der Waals surface area contributed by atoms with Gasteiger partial charge in [-0.25, -0.2) is 0 Å². The molecule has 2 N–H and O–H groups in total. The second-order valence-electron chi connectivity index (χ2n) is 5.66. The van der Waals surface area contributed by atoms with Crippen molar-refractivity contribution in [3.05, 3.63) is 0 Å². The van der Waals surface area contributed by atoms with Gasteiger partial charge in [0.05, 0.1) is 0 Å². The van der Waals surface area contributed by atoms with Crippen molar-refractivity contribution in [1.82, 2.24) is 4.90 Å². The van der Waals surface area contributed by atoms with E-state index in [9.17, 15) is 4.79 Å². The standard InChI is InChI=1S/C13H26N2O/c1-10(2)7-12-5-4-6-15(9-12)13(16)8-11(3)14/h10-12H,4-9,14H2,1-3H3. The summed E-state index contributed by atoms with van der Waals surface area (Å²) < 4.78 is 0. The summed E-state index contributed by atoms with van der Waals surface area (Å²) >= 11 is 0. The molecule has 0 aliphatic carbocycles. The Morgan fingerprint density at radius 3 is 2.69 bits per heavy atom. The molecule has 0 aromatic heterocycles. The third-order valence-corrected chi connectivity index (χ3v) is 3.17. The molecule has 0 saturated carbocycles. The number of carbonyl (C=O) groups excluding carboxylic acids is 1. The summed E-state index contributed by atoms with van der Waals surface area (Å²) in [6.45, 7) is 8.28. The largest absolute Gasteiger partial charge is 0.342 e. The normalized spacial score (nSPS) is 23.6. The van der Waals surface area contributed by atoms with Crippen molar-refractivity contribution in [2.75, 3.05) is 13.1 Å². The second kappa shape index (κ2) is 6.24. The monoisotopic (exact) mass is 226 g/mol. The lowest BCUT2D eigenvalue weighted by atomic mass is 9.89. The summed E-state index contributed by atoms with van der Waals surface area (Å²) in [4.78, 5) is 13.9. The number of nitrogens with zero attached hydrogens (tertiary/aromatic N) is 1. The maximum atomic E-state index is 11.9. The van der Waals surface area contributed by atoms with E-state index >= 15 is 0 Å². The van der Waals surface area contributed by atoms with Crippen LogP contribution in [0.25, 0.3) is 0 Å². The summed E-state index contributed by atoms with van der Waals surface area (Å²) in [5.41, 5.74) is 5.67. The highest BCUT2D eigenvalue weighted by molar-refractivity contribution is 5.76. The van der Waals surface area contributed by atoms with Crippen LogP contribution in [0.15, 0.2) is 0 Å². The summed E-state index contributed by atoms with van der Waals surface area (Å²) in [7, 11) is 0. The predicted molar refractivity (Wildman–Crippen MR) is 67.0 cm³/mol. The summed E-state index contributed by atoms with van der Waals surface area (Å²) in [5.74, 6) is 1.67. The van der Waals surface area contributed by atoms with Crippen molar-refractivity contribution in [2.45, 2.75) is 52.5 Å². The van der Waals surface area contributed by atoms with E-state index in [0.29, 0.717) is 12.3 Å². The molecule has 94 valence electrons. The van der Waals surface area contributed by atoms with Crippen molar-refractivity contribution in [2.24, 2.45) is 17.6 Å². The number of likely N-dealkylation sites (tertiary alicyclic amines) is 1. The Balaban J connectivity index is 2.40. The van der Waals surface area contributed by atoms with E-state index in [-0.39, 0.29) is 11.9 Å². The van der Waals surface area contributed by atoms with Crippen LogP contribution in [0.4, 0.5) is 0 Å². The number of hydrogen-bond donors (Lipinski definition) is 1. The van der Waals surface area contributed by atoms with E-state index in [1.165, 1.54) is 12.8 Å². The van der Waals surface area contributed by atoms with Gasteiger partial charge in [-0.1, -0.05) is 13.8 Å². The molecule has 1 saturated heterocycles. The minimum Gasteiger partial charge on any atom is -0.342 e. The first-order valence-corrected chi connectivity index (χ1v) is 6.52. The minimum atomic E-state index is -0.0158. The first-order chi connectivity index (χ1) is 7.49. The van der Waals surface area contributed by atoms with Crippen LogP contribution in [0.5, 0.6) is 0 Å². The van der Waals surface area contributed by atoms with Gasteiger partial charge in [-0.05, 0) is 38.0 Å². The van der Waals surface area contributed by atoms with Crippen molar-refractivity contribution in [3.8, 4) is 0 Å². The average Bonchev–Trinajstić information content (AvgIpc) is 2.16. The molecule has 1 heterocycles. The molecule has 2 unspecified atom stereocenters. The van der Waals surface area contributed by atoms with E-state index in [0.717, 1.165) is 25.4 Å². The molecule has 2 atom stereocenters. The maximum absolute atomic E-state index is 11.9. The molecular weight excluding hydrogens is 200 g/mol. The molecule has 0 radical (unpaired) electrons. The Morgan fingerprint density at radius 1 is 1.44 bits per heavy atom. The molecule has 0 aromatic rings. The molecule has 1 amide bonds. The summed E-state index contributed by atoms with van der Waals surface area (Å²) in [6.07, 6.45) is 4.17. The van der Waals surface area contributed by atoms with Crippen LogP contribution in [0, 0.1) is 11.8 Å². The fraction of sp³-hybridized carbons (Fsp3) is 0.923. The molecule has 1 rings (SSSR count). The summed E-state index contributed by atoms with van der Waals surface area (Å²) in [6, 6.07) is -0.0158. The van der Waals surface area contributed by atoms with Crippen LogP contribution >= 0.6 is 0 Å². The van der Waals surface area contributed by atoms with Crippen molar-refractivity contribution >= 4 is 5.91 Å². The Kier molecular flexibility index (Phi) is 5.26. The van der Waals surface area contributed by atoms with Crippen molar-refractivity contribution in [1.29, 1.82) is 0 Å². The number of nitrogens with two attached hydrogens (primary N) is 1. The minimum absolute atomic E-state index is 0.0158. The zero-order valence-corrected chi connectivity index (χ0v) is 10.9. The lowest BCUT2D eigenvalue weighted by Crippen LogP contribution is -2.42. The van der Waals surface area contributed by atoms with E-state index in [1.54, 1.807) is 0 Å². The molecule has 0 aromatic carbocycles. The SMILES string of the molecule is CC(C)CC1CCCN(C(=O)CC(C)N)C1. The van der Waals surface area contributed by atoms with Gasteiger partial charge in [0, 0.05) is 25.6 Å². The maximum Gasteiger partial charge on any atom is 0.224 e. The second-order valence-corrected chi connectivity index (χ2v) is 5.66. The lowest BCUT2D eigenvalue weighted by Gasteiger charge is -2.34. The highest BCUT2D eigenvalue weighted by Crippen LogP contribution is 2.23. The highest BCUT2D eigenvalue weighted by Gasteiger charge is 2.24. The molecule has 3 heteroatoms. The molecule has 1 fully saturated rings. The quantitative estimate of drug-likeness (QED) is 0.797. The summed E-state index contributed by atoms with van der Waals surface area (Å²) in [5, 5.41) is 0. The van der Waals surface area contributed by atoms with Crippen LogP contribution < -0.4 is 5.73 Å². The van der Waals surface area contributed by atoms with Gasteiger partial charge in [-0.3, -0.25) is 4.79 Å². The van der Waals surface area contributed by atoms with Crippen LogP contribution in [-0.2, 0) is 4.79 Å². The Hall–Kier alpha value is -0.570. The average molecular weight is 226 g/mol. The number of hydrogen-bond acceptors (Lipinski definition) is 2. The first-order valence-electron chi connectivity index (χ1n) is 6.52. The first kappa shape index (κ1) is 13.5. The molecular formula is C13H26N2O. The van der Waals surface area contributed by atoms with E-state index < -0.39 is 0 Å². The smallest absolute Gasteiger partial charge is 0.224 e. The van der Waals surface area contributed by atoms with E-state index in [1.807, 2.05) is 11.8 Å². The third kappa shape index (κ3) is 4.52. The van der Waals surface area contributed by atoms with Crippen molar-refractivity contribution < 1.29 is 4.79 Å². The topological polar surface area (TPSA) is 46.3 Å². The van der Waals surface area contributed by atoms with E-state index in [2.05, 4.69) is 13.8 Å². The third-order valence-electron chi connectivity index (χ3n) is 3.17. The van der Waals surface area contributed by atoms with Gasteiger partial charge in [0.15, 0.2) is 0 Å². The Bertz CT molecular complexity index is 226. The van der Waals surface area contributed by atoms with Gasteiger partial charge in [0.2, 0.25) is 5.91 Å². The molecule has 1 aliphatic heterocycles. The van der Waals surface area contributed by atoms with Crippen LogP contribution in [0.2, 0.25) is 0 Å². The predicted octanol–water partition coefficient (Wildman–Crippen LogP) is 2.01. The van der Waals surface area contributed by atoms with Gasteiger partial charge in [0.25, 0.3) is 0 Å². The van der Waals surface area contributed by atoms with Crippen LogP contribution in [0.1, 0.15) is 46.5 Å². The van der Waals surface area contributed by atoms with Gasteiger partial charge in [-0.2, -0.15) is 0 Å². The number of rotatable bonds is 4. The molecule has 3 nitrogen and oxygen atoms in total. The number of piperidine rings is 1. The van der Waals surface area contributed by atoms with Gasteiger partial charge < -0.3 is 10.6 Å². The lowest BCUT2D eigenvalue weighted by molar-refractivity contribution is -0.133.